The first-order valence-corrected chi connectivity index (χ1v) is 12.8. The molecule has 1 aliphatic carbocycles. The molecule has 1 aliphatic rings. The maximum absolute atomic E-state index is 13.4. The first kappa shape index (κ1) is 23.6. The third kappa shape index (κ3) is 4.89. The van der Waals surface area contributed by atoms with Gasteiger partial charge in [0.15, 0.2) is 0 Å². The number of nitrogens with one attached hydrogen (secondary N) is 2. The lowest BCUT2D eigenvalue weighted by Crippen LogP contribution is -2.28. The van der Waals surface area contributed by atoms with Gasteiger partial charge in [-0.25, -0.2) is 0 Å². The molecule has 4 rings (SSSR count). The summed E-state index contributed by atoms with van der Waals surface area (Å²) < 4.78 is 7.83. The van der Waals surface area contributed by atoms with Crippen molar-refractivity contribution in [3.63, 3.8) is 0 Å². The molecule has 2 aromatic heterocycles. The van der Waals surface area contributed by atoms with Crippen LogP contribution in [0.4, 0.5) is 0 Å². The molecular formula is C26H33N3O3S. The number of H-pyrrole nitrogens is 1. The third-order valence-corrected chi connectivity index (χ3v) is 7.71. The summed E-state index contributed by atoms with van der Waals surface area (Å²) in [6.45, 7) is 5.00. The van der Waals surface area contributed by atoms with Crippen LogP contribution >= 0.6 is 11.8 Å². The van der Waals surface area contributed by atoms with E-state index in [1.54, 1.807) is 7.11 Å². The maximum atomic E-state index is 13.4. The zero-order valence-electron chi connectivity index (χ0n) is 19.9. The minimum absolute atomic E-state index is 0.141. The molecule has 0 saturated heterocycles. The van der Waals surface area contributed by atoms with Crippen molar-refractivity contribution >= 4 is 28.6 Å². The second-order valence-corrected chi connectivity index (χ2v) is 9.83. The van der Waals surface area contributed by atoms with Crippen LogP contribution in [-0.4, -0.2) is 34.9 Å². The Morgan fingerprint density at radius 2 is 1.94 bits per heavy atom. The SMILES string of the molecule is COC1CCC(Cn2c(C)c(C(=O)NCc3c(SC)cc(C)[nH]c3=O)c3ccccc32)CC1. The number of aromatic amines is 1. The average molecular weight is 468 g/mol. The molecule has 1 saturated carbocycles. The predicted molar refractivity (Wildman–Crippen MR) is 134 cm³/mol. The number of nitrogens with zero attached hydrogens (tertiary/aromatic N) is 1. The van der Waals surface area contributed by atoms with Crippen LogP contribution < -0.4 is 10.9 Å². The summed E-state index contributed by atoms with van der Waals surface area (Å²) in [5.74, 6) is 0.439. The summed E-state index contributed by atoms with van der Waals surface area (Å²) in [5.41, 5.74) is 4.03. The number of carbonyl (C=O) groups excluding carboxylic acids is 1. The third-order valence-electron chi connectivity index (χ3n) is 6.90. The highest BCUT2D eigenvalue weighted by Gasteiger charge is 2.25. The van der Waals surface area contributed by atoms with Gasteiger partial charge < -0.3 is 19.6 Å². The minimum atomic E-state index is -0.148. The van der Waals surface area contributed by atoms with Gasteiger partial charge in [-0.3, -0.25) is 9.59 Å². The van der Waals surface area contributed by atoms with Crippen molar-refractivity contribution in [2.24, 2.45) is 5.92 Å². The summed E-state index contributed by atoms with van der Waals surface area (Å²) >= 11 is 1.52. The second-order valence-electron chi connectivity index (χ2n) is 8.98. The summed E-state index contributed by atoms with van der Waals surface area (Å²) in [6, 6.07) is 10.1. The summed E-state index contributed by atoms with van der Waals surface area (Å²) in [5, 5.41) is 3.97. The molecule has 0 aliphatic heterocycles. The molecule has 1 amide bonds. The first-order valence-electron chi connectivity index (χ1n) is 11.6. The van der Waals surface area contributed by atoms with Crippen molar-refractivity contribution in [3.05, 3.63) is 63.2 Å². The zero-order valence-corrected chi connectivity index (χ0v) is 20.7. The number of fused-ring (bicyclic) bond motifs is 1. The van der Waals surface area contributed by atoms with Crippen molar-refractivity contribution in [3.8, 4) is 0 Å². The van der Waals surface area contributed by atoms with Gasteiger partial charge in [-0.2, -0.15) is 0 Å². The molecule has 0 bridgehead atoms. The number of benzene rings is 1. The smallest absolute Gasteiger partial charge is 0.254 e. The molecule has 6 nitrogen and oxygen atoms in total. The van der Waals surface area contributed by atoms with Gasteiger partial charge in [-0.05, 0) is 63.8 Å². The minimum Gasteiger partial charge on any atom is -0.381 e. The highest BCUT2D eigenvalue weighted by molar-refractivity contribution is 7.98. The number of ether oxygens (including phenoxy) is 1. The normalized spacial score (nSPS) is 18.5. The molecule has 0 unspecified atom stereocenters. The largest absolute Gasteiger partial charge is 0.381 e. The second kappa shape index (κ2) is 10.2. The number of methoxy groups -OCH3 is 1. The van der Waals surface area contributed by atoms with E-state index in [1.165, 1.54) is 11.8 Å². The topological polar surface area (TPSA) is 76.1 Å². The van der Waals surface area contributed by atoms with Gasteiger partial charge in [0.25, 0.3) is 11.5 Å². The first-order chi connectivity index (χ1) is 15.9. The van der Waals surface area contributed by atoms with E-state index in [-0.39, 0.29) is 18.0 Å². The number of pyridine rings is 1. The lowest BCUT2D eigenvalue weighted by molar-refractivity contribution is 0.0543. The molecule has 2 N–H and O–H groups in total. The Labute approximate surface area is 199 Å². The number of aryl methyl sites for hydroxylation is 1. The number of para-hydroxylation sites is 1. The van der Waals surface area contributed by atoms with E-state index in [1.807, 2.05) is 44.4 Å². The van der Waals surface area contributed by atoms with E-state index in [0.29, 0.717) is 23.1 Å². The molecule has 176 valence electrons. The summed E-state index contributed by atoms with van der Waals surface area (Å²) in [7, 11) is 1.80. The van der Waals surface area contributed by atoms with E-state index < -0.39 is 0 Å². The Balaban J connectivity index is 1.59. The van der Waals surface area contributed by atoms with E-state index in [2.05, 4.69) is 20.9 Å². The van der Waals surface area contributed by atoms with Crippen molar-refractivity contribution in [2.45, 2.75) is 63.6 Å². The lowest BCUT2D eigenvalue weighted by Gasteiger charge is -2.28. The van der Waals surface area contributed by atoms with Crippen LogP contribution in [0.1, 0.15) is 53.0 Å². The number of aromatic nitrogens is 2. The number of carbonyl (C=O) groups is 1. The molecule has 0 spiro atoms. The average Bonchev–Trinajstić information content (AvgIpc) is 3.09. The highest BCUT2D eigenvalue weighted by Crippen LogP contribution is 2.32. The van der Waals surface area contributed by atoms with Gasteiger partial charge in [0.2, 0.25) is 0 Å². The van der Waals surface area contributed by atoms with E-state index in [9.17, 15) is 9.59 Å². The predicted octanol–water partition coefficient (Wildman–Crippen LogP) is 4.80. The molecule has 0 atom stereocenters. The van der Waals surface area contributed by atoms with Crippen LogP contribution in [0.5, 0.6) is 0 Å². The van der Waals surface area contributed by atoms with Gasteiger partial charge in [0, 0.05) is 52.9 Å². The number of hydrogen-bond donors (Lipinski definition) is 2. The van der Waals surface area contributed by atoms with Crippen LogP contribution in [0, 0.1) is 19.8 Å². The maximum Gasteiger partial charge on any atom is 0.254 e. The fraction of sp³-hybridized carbons (Fsp3) is 0.462. The monoisotopic (exact) mass is 467 g/mol. The quantitative estimate of drug-likeness (QED) is 0.489. The Kier molecular flexibility index (Phi) is 7.29. The number of amides is 1. The fourth-order valence-corrected chi connectivity index (χ4v) is 5.76. The standard InChI is InChI=1S/C26H33N3O3S/c1-16-13-23(33-4)21(25(30)28-16)14-27-26(31)24-17(2)29(22-8-6-5-7-20(22)24)15-18-9-11-19(32-3)12-10-18/h5-8,13,18-19H,9-12,14-15H2,1-4H3,(H,27,31)(H,28,30). The summed E-state index contributed by atoms with van der Waals surface area (Å²) in [4.78, 5) is 29.6. The molecule has 2 heterocycles. The molecule has 0 radical (unpaired) electrons. The number of thioether (sulfide) groups is 1. The van der Waals surface area contributed by atoms with Gasteiger partial charge in [-0.15, -0.1) is 11.8 Å². The van der Waals surface area contributed by atoms with Crippen LogP contribution in [0.15, 0.2) is 40.0 Å². The number of rotatable bonds is 7. The highest BCUT2D eigenvalue weighted by atomic mass is 32.2. The van der Waals surface area contributed by atoms with Gasteiger partial charge in [0.1, 0.15) is 0 Å². The van der Waals surface area contributed by atoms with Crippen molar-refractivity contribution in [2.75, 3.05) is 13.4 Å². The zero-order chi connectivity index (χ0) is 23.5. The summed E-state index contributed by atoms with van der Waals surface area (Å²) in [6.07, 6.45) is 6.78. The van der Waals surface area contributed by atoms with Crippen molar-refractivity contribution < 1.29 is 9.53 Å². The Bertz CT molecular complexity index is 1210. The Morgan fingerprint density at radius 3 is 2.64 bits per heavy atom. The molecule has 1 aromatic carbocycles. The molecular weight excluding hydrogens is 434 g/mol. The van der Waals surface area contributed by atoms with Crippen LogP contribution in [-0.2, 0) is 17.8 Å². The molecule has 7 heteroatoms. The molecule has 33 heavy (non-hydrogen) atoms. The van der Waals surface area contributed by atoms with Crippen LogP contribution in [0.2, 0.25) is 0 Å². The van der Waals surface area contributed by atoms with E-state index in [0.717, 1.165) is 59.4 Å². The van der Waals surface area contributed by atoms with Gasteiger partial charge >= 0.3 is 0 Å². The lowest BCUT2D eigenvalue weighted by atomic mass is 9.87. The van der Waals surface area contributed by atoms with E-state index >= 15 is 0 Å². The van der Waals surface area contributed by atoms with E-state index in [4.69, 9.17) is 4.74 Å². The van der Waals surface area contributed by atoms with Crippen molar-refractivity contribution in [1.82, 2.24) is 14.9 Å². The molecule has 1 fully saturated rings. The fourth-order valence-electron chi connectivity index (χ4n) is 5.05. The Morgan fingerprint density at radius 1 is 1.21 bits per heavy atom. The van der Waals surface area contributed by atoms with Gasteiger partial charge in [-0.1, -0.05) is 18.2 Å². The molecule has 3 aromatic rings. The Hall–Kier alpha value is -2.51. The number of hydrogen-bond acceptors (Lipinski definition) is 4. The van der Waals surface area contributed by atoms with Crippen LogP contribution in [0.25, 0.3) is 10.9 Å². The van der Waals surface area contributed by atoms with Crippen LogP contribution in [0.3, 0.4) is 0 Å². The van der Waals surface area contributed by atoms with Gasteiger partial charge in [0.05, 0.1) is 11.7 Å². The van der Waals surface area contributed by atoms with Crippen molar-refractivity contribution in [1.29, 1.82) is 0 Å².